The predicted molar refractivity (Wildman–Crippen MR) is 41.0 cm³/mol. The van der Waals surface area contributed by atoms with E-state index in [2.05, 4.69) is 15.0 Å². The molecule has 2 aromatic rings. The molecule has 0 aliphatic rings. The molecule has 2 rings (SSSR count). The highest BCUT2D eigenvalue weighted by atomic mass is 15.1. The van der Waals surface area contributed by atoms with E-state index >= 15 is 0 Å². The van der Waals surface area contributed by atoms with Gasteiger partial charge in [-0.05, 0) is 0 Å². The largest absolute Gasteiger partial charge is 0.330 e. The fraction of sp³-hybridized carbons (Fsp3) is 0.143. The molecule has 0 aliphatic carbocycles. The number of nitriles is 1. The van der Waals surface area contributed by atoms with Crippen molar-refractivity contribution >= 4 is 11.2 Å². The van der Waals surface area contributed by atoms with Crippen LogP contribution in [0.3, 0.4) is 0 Å². The first-order valence-corrected chi connectivity index (χ1v) is 3.35. The monoisotopic (exact) mass is 159 g/mol. The normalized spacial score (nSPS) is 10.0. The van der Waals surface area contributed by atoms with Crippen LogP contribution in [-0.4, -0.2) is 19.5 Å². The van der Waals surface area contributed by atoms with Gasteiger partial charge < -0.3 is 4.57 Å². The molecule has 0 bridgehead atoms. The van der Waals surface area contributed by atoms with Crippen molar-refractivity contribution in [3.63, 3.8) is 0 Å². The van der Waals surface area contributed by atoms with Crippen molar-refractivity contribution in [2.24, 2.45) is 7.05 Å². The summed E-state index contributed by atoms with van der Waals surface area (Å²) in [7, 11) is 1.81. The molecule has 0 radical (unpaired) electrons. The van der Waals surface area contributed by atoms with E-state index in [1.54, 1.807) is 17.9 Å². The third kappa shape index (κ3) is 0.751. The van der Waals surface area contributed by atoms with Crippen molar-refractivity contribution in [3.05, 3.63) is 18.3 Å². The van der Waals surface area contributed by atoms with Gasteiger partial charge in [-0.1, -0.05) is 0 Å². The summed E-state index contributed by atoms with van der Waals surface area (Å²) in [6, 6.07) is 1.98. The highest BCUT2D eigenvalue weighted by Crippen LogP contribution is 2.10. The van der Waals surface area contributed by atoms with Crippen molar-refractivity contribution in [2.45, 2.75) is 0 Å². The second-order valence-corrected chi connectivity index (χ2v) is 2.36. The van der Waals surface area contributed by atoms with Gasteiger partial charge in [-0.25, -0.2) is 15.0 Å². The van der Waals surface area contributed by atoms with Gasteiger partial charge in [-0.2, -0.15) is 5.26 Å². The number of hydrogen-bond donors (Lipinski definition) is 0. The Morgan fingerprint density at radius 2 is 2.25 bits per heavy atom. The topological polar surface area (TPSA) is 67.4 Å². The third-order valence-corrected chi connectivity index (χ3v) is 1.61. The van der Waals surface area contributed by atoms with Crippen LogP contribution in [0.1, 0.15) is 5.69 Å². The molecule has 58 valence electrons. The van der Waals surface area contributed by atoms with Crippen LogP contribution >= 0.6 is 0 Å². The van der Waals surface area contributed by atoms with Crippen molar-refractivity contribution in [3.8, 4) is 6.07 Å². The van der Waals surface area contributed by atoms with Crippen LogP contribution in [0.2, 0.25) is 0 Å². The zero-order valence-corrected chi connectivity index (χ0v) is 6.39. The molecule has 0 N–H and O–H groups in total. The van der Waals surface area contributed by atoms with Crippen molar-refractivity contribution in [1.29, 1.82) is 5.26 Å². The maximum atomic E-state index is 8.70. The van der Waals surface area contributed by atoms with Crippen LogP contribution < -0.4 is 0 Å². The lowest BCUT2D eigenvalue weighted by Crippen LogP contribution is -1.92. The van der Waals surface area contributed by atoms with E-state index in [0.717, 1.165) is 0 Å². The first-order valence-electron chi connectivity index (χ1n) is 3.35. The molecule has 2 heterocycles. The second kappa shape index (κ2) is 2.27. The molecule has 0 unspecified atom stereocenters. The van der Waals surface area contributed by atoms with Crippen LogP contribution in [0.25, 0.3) is 11.2 Å². The summed E-state index contributed by atoms with van der Waals surface area (Å²) >= 11 is 0. The summed E-state index contributed by atoms with van der Waals surface area (Å²) in [6.07, 6.45) is 2.95. The van der Waals surface area contributed by atoms with Gasteiger partial charge in [0, 0.05) is 7.05 Å². The van der Waals surface area contributed by atoms with Gasteiger partial charge in [0.25, 0.3) is 0 Å². The fourth-order valence-electron chi connectivity index (χ4n) is 1.07. The predicted octanol–water partition coefficient (Wildman–Crippen LogP) is 0.235. The molecule has 5 nitrogen and oxygen atoms in total. The highest BCUT2D eigenvalue weighted by molar-refractivity contribution is 5.75. The minimum absolute atomic E-state index is 0.361. The van der Waals surface area contributed by atoms with Crippen molar-refractivity contribution in [2.75, 3.05) is 0 Å². The van der Waals surface area contributed by atoms with E-state index < -0.39 is 0 Å². The van der Waals surface area contributed by atoms with Crippen molar-refractivity contribution < 1.29 is 0 Å². The maximum absolute atomic E-state index is 8.70. The zero-order chi connectivity index (χ0) is 8.55. The molecule has 0 saturated heterocycles. The van der Waals surface area contributed by atoms with Crippen LogP contribution in [0.5, 0.6) is 0 Å². The molecule has 5 heteroatoms. The summed E-state index contributed by atoms with van der Waals surface area (Å²) in [5.74, 6) is 0. The van der Waals surface area contributed by atoms with Gasteiger partial charge in [0.15, 0.2) is 11.3 Å². The quantitative estimate of drug-likeness (QED) is 0.552. The number of fused-ring (bicyclic) bond motifs is 1. The molecule has 12 heavy (non-hydrogen) atoms. The zero-order valence-electron chi connectivity index (χ0n) is 6.39. The van der Waals surface area contributed by atoms with Gasteiger partial charge >= 0.3 is 0 Å². The smallest absolute Gasteiger partial charge is 0.182 e. The number of nitrogens with zero attached hydrogens (tertiary/aromatic N) is 5. The summed E-state index contributed by atoms with van der Waals surface area (Å²) in [6.45, 7) is 0. The summed E-state index contributed by atoms with van der Waals surface area (Å²) < 4.78 is 1.73. The van der Waals surface area contributed by atoms with E-state index in [4.69, 9.17) is 5.26 Å². The Bertz CT molecular complexity index is 464. The lowest BCUT2D eigenvalue weighted by Gasteiger charge is -1.93. The Hall–Kier alpha value is -1.96. The Balaban J connectivity index is 2.96. The average molecular weight is 159 g/mol. The summed E-state index contributed by atoms with van der Waals surface area (Å²) in [5, 5.41) is 8.70. The summed E-state index contributed by atoms with van der Waals surface area (Å²) in [5.41, 5.74) is 1.60. The van der Waals surface area contributed by atoms with Crippen LogP contribution in [0, 0.1) is 11.3 Å². The van der Waals surface area contributed by atoms with E-state index in [9.17, 15) is 0 Å². The van der Waals surface area contributed by atoms with E-state index in [1.807, 2.05) is 6.07 Å². The number of aromatic nitrogens is 4. The minimum atomic E-state index is 0.361. The van der Waals surface area contributed by atoms with E-state index in [0.29, 0.717) is 16.9 Å². The van der Waals surface area contributed by atoms with Crippen molar-refractivity contribution in [1.82, 2.24) is 19.5 Å². The Morgan fingerprint density at radius 1 is 1.42 bits per heavy atom. The molecule has 0 aromatic carbocycles. The molecule has 0 atom stereocenters. The number of rotatable bonds is 0. The van der Waals surface area contributed by atoms with Gasteiger partial charge in [-0.15, -0.1) is 0 Å². The molecule has 2 aromatic heterocycles. The average Bonchev–Trinajstić information content (AvgIpc) is 2.48. The molecule has 0 aliphatic heterocycles. The lowest BCUT2D eigenvalue weighted by molar-refractivity contribution is 0.941. The lowest BCUT2D eigenvalue weighted by atomic mass is 10.4. The molecule has 0 saturated carbocycles. The molecule has 0 amide bonds. The van der Waals surface area contributed by atoms with Gasteiger partial charge in [0.05, 0.1) is 6.33 Å². The minimum Gasteiger partial charge on any atom is -0.330 e. The SMILES string of the molecule is Cn1cnc2ncnc(C#N)c21. The molecule has 0 spiro atoms. The number of hydrogen-bond acceptors (Lipinski definition) is 4. The van der Waals surface area contributed by atoms with Crippen LogP contribution in [-0.2, 0) is 7.05 Å². The van der Waals surface area contributed by atoms with Gasteiger partial charge in [0.2, 0.25) is 0 Å². The van der Waals surface area contributed by atoms with E-state index in [-0.39, 0.29) is 0 Å². The third-order valence-electron chi connectivity index (χ3n) is 1.61. The maximum Gasteiger partial charge on any atom is 0.182 e. The fourth-order valence-corrected chi connectivity index (χ4v) is 1.07. The molecule has 0 fully saturated rings. The standard InChI is InChI=1S/C7H5N5/c1-12-4-11-7-6(12)5(2-8)9-3-10-7/h3-4H,1H3. The van der Waals surface area contributed by atoms with E-state index in [1.165, 1.54) is 6.33 Å². The van der Waals surface area contributed by atoms with Gasteiger partial charge in [-0.3, -0.25) is 0 Å². The number of imidazole rings is 1. The second-order valence-electron chi connectivity index (χ2n) is 2.36. The Labute approximate surface area is 68.3 Å². The Kier molecular flexibility index (Phi) is 1.27. The highest BCUT2D eigenvalue weighted by Gasteiger charge is 2.06. The molecular weight excluding hydrogens is 154 g/mol. The first kappa shape index (κ1) is 6.73. The Morgan fingerprint density at radius 3 is 3.00 bits per heavy atom. The molecular formula is C7H5N5. The van der Waals surface area contributed by atoms with Crippen LogP contribution in [0.4, 0.5) is 0 Å². The first-order chi connectivity index (χ1) is 5.83. The van der Waals surface area contributed by atoms with Crippen LogP contribution in [0.15, 0.2) is 12.7 Å². The summed E-state index contributed by atoms with van der Waals surface area (Å²) in [4.78, 5) is 11.7. The van der Waals surface area contributed by atoms with Gasteiger partial charge in [0.1, 0.15) is 17.9 Å². The number of aryl methyl sites for hydroxylation is 1.